The Morgan fingerprint density at radius 3 is 2.50 bits per heavy atom. The molecule has 3 aromatic carbocycles. The van der Waals surface area contributed by atoms with Crippen molar-refractivity contribution < 1.29 is 18.8 Å². The normalized spacial score (nSPS) is 15.4. The fraction of sp³-hybridized carbons (Fsp3) is 0.222. The molecule has 1 fully saturated rings. The van der Waals surface area contributed by atoms with Crippen LogP contribution in [0.1, 0.15) is 39.1 Å². The molecule has 1 saturated heterocycles. The number of halogens is 1. The Morgan fingerprint density at radius 2 is 1.71 bits per heavy atom. The number of anilines is 1. The molecule has 0 unspecified atom stereocenters. The molecule has 0 saturated carbocycles. The maximum atomic E-state index is 13.9. The van der Waals surface area contributed by atoms with Crippen molar-refractivity contribution in [3.63, 3.8) is 0 Å². The molecule has 1 heterocycles. The lowest BCUT2D eigenvalue weighted by Gasteiger charge is -2.32. The second-order valence-corrected chi connectivity index (χ2v) is 8.31. The van der Waals surface area contributed by atoms with Crippen LogP contribution in [0.3, 0.4) is 0 Å². The Bertz CT molecular complexity index is 1180. The van der Waals surface area contributed by atoms with Gasteiger partial charge in [0.2, 0.25) is 5.91 Å². The number of benzene rings is 3. The molecule has 7 heteroatoms. The number of hydrogen-bond acceptors (Lipinski definition) is 3. The molecule has 1 aliphatic rings. The maximum absolute atomic E-state index is 13.9. The van der Waals surface area contributed by atoms with E-state index in [0.717, 1.165) is 18.4 Å². The van der Waals surface area contributed by atoms with Crippen LogP contribution in [-0.4, -0.2) is 35.7 Å². The van der Waals surface area contributed by atoms with Gasteiger partial charge in [0.1, 0.15) is 5.82 Å². The summed E-state index contributed by atoms with van der Waals surface area (Å²) < 4.78 is 13.9. The van der Waals surface area contributed by atoms with E-state index in [9.17, 15) is 18.8 Å². The molecule has 34 heavy (non-hydrogen) atoms. The van der Waals surface area contributed by atoms with Crippen molar-refractivity contribution in [2.75, 3.05) is 18.4 Å². The number of nitrogens with one attached hydrogen (secondary N) is 2. The molecule has 174 valence electrons. The summed E-state index contributed by atoms with van der Waals surface area (Å²) in [7, 11) is 0. The van der Waals surface area contributed by atoms with E-state index in [1.54, 1.807) is 35.2 Å². The van der Waals surface area contributed by atoms with Crippen LogP contribution in [0.2, 0.25) is 0 Å². The molecule has 6 nitrogen and oxygen atoms in total. The Morgan fingerprint density at radius 1 is 0.941 bits per heavy atom. The molecule has 1 aliphatic heterocycles. The summed E-state index contributed by atoms with van der Waals surface area (Å²) in [5.74, 6) is -1.74. The van der Waals surface area contributed by atoms with Crippen LogP contribution < -0.4 is 10.6 Å². The first kappa shape index (κ1) is 23.2. The lowest BCUT2D eigenvalue weighted by atomic mass is 9.96. The lowest BCUT2D eigenvalue weighted by molar-refractivity contribution is -0.126. The van der Waals surface area contributed by atoms with Crippen LogP contribution in [-0.2, 0) is 11.3 Å². The van der Waals surface area contributed by atoms with Crippen LogP contribution in [0.4, 0.5) is 10.1 Å². The van der Waals surface area contributed by atoms with Gasteiger partial charge in [-0.05, 0) is 48.7 Å². The number of nitrogens with zero attached hydrogens (tertiary/aromatic N) is 1. The summed E-state index contributed by atoms with van der Waals surface area (Å²) in [6.07, 6.45) is 1.46. The van der Waals surface area contributed by atoms with Gasteiger partial charge in [-0.15, -0.1) is 0 Å². The maximum Gasteiger partial charge on any atom is 0.258 e. The minimum atomic E-state index is -0.614. The summed E-state index contributed by atoms with van der Waals surface area (Å²) in [4.78, 5) is 39.9. The van der Waals surface area contributed by atoms with Crippen LogP contribution in [0.25, 0.3) is 0 Å². The van der Waals surface area contributed by atoms with Gasteiger partial charge in [0, 0.05) is 30.9 Å². The predicted molar refractivity (Wildman–Crippen MR) is 128 cm³/mol. The van der Waals surface area contributed by atoms with Crippen LogP contribution in [0.15, 0.2) is 78.9 Å². The van der Waals surface area contributed by atoms with E-state index in [-0.39, 0.29) is 23.3 Å². The summed E-state index contributed by atoms with van der Waals surface area (Å²) in [6, 6.07) is 21.9. The average Bonchev–Trinajstić information content (AvgIpc) is 2.88. The first-order chi connectivity index (χ1) is 16.5. The second kappa shape index (κ2) is 10.7. The molecule has 0 aliphatic carbocycles. The van der Waals surface area contributed by atoms with Crippen molar-refractivity contribution >= 4 is 23.4 Å². The van der Waals surface area contributed by atoms with E-state index in [2.05, 4.69) is 10.6 Å². The highest BCUT2D eigenvalue weighted by Crippen LogP contribution is 2.21. The monoisotopic (exact) mass is 459 g/mol. The molecule has 0 aromatic heterocycles. The van der Waals surface area contributed by atoms with Gasteiger partial charge in [-0.3, -0.25) is 14.4 Å². The molecular formula is C27H26FN3O3. The van der Waals surface area contributed by atoms with Crippen LogP contribution in [0.5, 0.6) is 0 Å². The van der Waals surface area contributed by atoms with Gasteiger partial charge in [-0.1, -0.05) is 48.5 Å². The average molecular weight is 460 g/mol. The van der Waals surface area contributed by atoms with Crippen molar-refractivity contribution in [1.82, 2.24) is 10.2 Å². The first-order valence-electron chi connectivity index (χ1n) is 11.3. The van der Waals surface area contributed by atoms with Crippen molar-refractivity contribution in [2.45, 2.75) is 19.4 Å². The summed E-state index contributed by atoms with van der Waals surface area (Å²) in [6.45, 7) is 1.35. The van der Waals surface area contributed by atoms with E-state index in [1.165, 1.54) is 18.2 Å². The molecule has 3 amide bonds. The Labute approximate surface area is 197 Å². The molecular weight excluding hydrogens is 433 g/mol. The first-order valence-corrected chi connectivity index (χ1v) is 11.3. The van der Waals surface area contributed by atoms with Crippen molar-refractivity contribution in [2.24, 2.45) is 5.92 Å². The standard InChI is InChI=1S/C27H26FN3O3/c28-24-14-5-4-13-23(24)26(33)30-22-12-6-10-20(16-22)27(34)31-15-7-11-21(18-31)25(32)29-17-19-8-2-1-3-9-19/h1-6,8-10,12-14,16,21H,7,11,15,17-18H2,(H,29,32)(H,30,33)/t21-/m0/s1. The number of piperidine rings is 1. The molecule has 1 atom stereocenters. The zero-order valence-corrected chi connectivity index (χ0v) is 18.7. The summed E-state index contributed by atoms with van der Waals surface area (Å²) in [5.41, 5.74) is 1.75. The van der Waals surface area contributed by atoms with Crippen molar-refractivity contribution in [1.29, 1.82) is 0 Å². The number of carbonyl (C=O) groups excluding carboxylic acids is 3. The highest BCUT2D eigenvalue weighted by atomic mass is 19.1. The molecule has 4 rings (SSSR count). The van der Waals surface area contributed by atoms with E-state index in [4.69, 9.17) is 0 Å². The lowest BCUT2D eigenvalue weighted by Crippen LogP contribution is -2.45. The third-order valence-electron chi connectivity index (χ3n) is 5.87. The fourth-order valence-corrected chi connectivity index (χ4v) is 4.06. The smallest absolute Gasteiger partial charge is 0.258 e. The molecule has 0 bridgehead atoms. The summed E-state index contributed by atoms with van der Waals surface area (Å²) >= 11 is 0. The summed E-state index contributed by atoms with van der Waals surface area (Å²) in [5, 5.41) is 5.61. The van der Waals surface area contributed by atoms with Gasteiger partial charge in [0.05, 0.1) is 11.5 Å². The predicted octanol–water partition coefficient (Wildman–Crippen LogP) is 4.25. The topological polar surface area (TPSA) is 78.5 Å². The van der Waals surface area contributed by atoms with Crippen molar-refractivity contribution in [3.8, 4) is 0 Å². The Hall–Kier alpha value is -4.00. The fourth-order valence-electron chi connectivity index (χ4n) is 4.06. The number of likely N-dealkylation sites (tertiary alicyclic amines) is 1. The minimum absolute atomic E-state index is 0.0627. The highest BCUT2D eigenvalue weighted by molar-refractivity contribution is 6.05. The molecule has 3 aromatic rings. The molecule has 0 radical (unpaired) electrons. The van der Waals surface area contributed by atoms with Crippen LogP contribution in [0, 0.1) is 11.7 Å². The van der Waals surface area contributed by atoms with Gasteiger partial charge in [-0.2, -0.15) is 0 Å². The van der Waals surface area contributed by atoms with Gasteiger partial charge in [0.15, 0.2) is 0 Å². The highest BCUT2D eigenvalue weighted by Gasteiger charge is 2.29. The molecule has 2 N–H and O–H groups in total. The number of rotatable bonds is 6. The largest absolute Gasteiger partial charge is 0.352 e. The Kier molecular flexibility index (Phi) is 7.32. The van der Waals surface area contributed by atoms with Gasteiger partial charge in [-0.25, -0.2) is 4.39 Å². The number of amides is 3. The zero-order chi connectivity index (χ0) is 23.9. The van der Waals surface area contributed by atoms with Crippen molar-refractivity contribution in [3.05, 3.63) is 101 Å². The van der Waals surface area contributed by atoms with E-state index in [0.29, 0.717) is 30.9 Å². The van der Waals surface area contributed by atoms with E-state index >= 15 is 0 Å². The quantitative estimate of drug-likeness (QED) is 0.579. The van der Waals surface area contributed by atoms with Crippen LogP contribution >= 0.6 is 0 Å². The zero-order valence-electron chi connectivity index (χ0n) is 18.7. The van der Waals surface area contributed by atoms with Gasteiger partial charge < -0.3 is 15.5 Å². The minimum Gasteiger partial charge on any atom is -0.352 e. The third kappa shape index (κ3) is 5.67. The second-order valence-electron chi connectivity index (χ2n) is 8.31. The number of carbonyl (C=O) groups is 3. The molecule has 0 spiro atoms. The third-order valence-corrected chi connectivity index (χ3v) is 5.87. The Balaban J connectivity index is 1.38. The van der Waals surface area contributed by atoms with Gasteiger partial charge in [0.25, 0.3) is 11.8 Å². The number of hydrogen-bond donors (Lipinski definition) is 2. The van der Waals surface area contributed by atoms with E-state index < -0.39 is 11.7 Å². The SMILES string of the molecule is O=C(Nc1cccc(C(=O)N2CCC[C@H](C(=O)NCc3ccccc3)C2)c1)c1ccccc1F. The van der Waals surface area contributed by atoms with E-state index in [1.807, 2.05) is 30.3 Å². The van der Waals surface area contributed by atoms with Gasteiger partial charge >= 0.3 is 0 Å².